The van der Waals surface area contributed by atoms with Crippen LogP contribution in [-0.2, 0) is 11.3 Å². The van der Waals surface area contributed by atoms with Gasteiger partial charge in [0.15, 0.2) is 11.4 Å². The summed E-state index contributed by atoms with van der Waals surface area (Å²) in [5.74, 6) is -0.902. The van der Waals surface area contributed by atoms with Gasteiger partial charge in [0, 0.05) is 37.5 Å². The van der Waals surface area contributed by atoms with Crippen molar-refractivity contribution in [2.24, 2.45) is 0 Å². The first kappa shape index (κ1) is 17.5. The summed E-state index contributed by atoms with van der Waals surface area (Å²) >= 11 is 6.05. The molecule has 25 heavy (non-hydrogen) atoms. The van der Waals surface area contributed by atoms with E-state index in [1.165, 1.54) is 12.3 Å². The molecule has 0 saturated heterocycles. The highest BCUT2D eigenvalue weighted by molar-refractivity contribution is 6.31. The number of methoxy groups -OCH3 is 1. The molecule has 3 rings (SSSR count). The van der Waals surface area contributed by atoms with E-state index in [0.29, 0.717) is 24.7 Å². The van der Waals surface area contributed by atoms with Crippen LogP contribution in [0, 0.1) is 6.92 Å². The van der Waals surface area contributed by atoms with E-state index in [1.807, 2.05) is 19.1 Å². The average Bonchev–Trinajstić information content (AvgIpc) is 2.58. The standard InChI is InChI=1S/C18H19ClN2O4/c1-11-7-12(3-4-14(11)19)8-20-9-13(10-25-2)21-6-5-15(22)17(23)16(21)18(20)24/h3-7,13,23H,8-10H2,1-2H3. The van der Waals surface area contributed by atoms with Crippen LogP contribution in [0.1, 0.15) is 27.7 Å². The molecule has 0 bridgehead atoms. The number of nitrogens with zero attached hydrogens (tertiary/aromatic N) is 2. The first-order valence-corrected chi connectivity index (χ1v) is 8.27. The molecule has 1 N–H and O–H groups in total. The van der Waals surface area contributed by atoms with Crippen molar-refractivity contribution in [2.45, 2.75) is 19.5 Å². The number of aryl methyl sites for hydroxylation is 1. The second-order valence-corrected chi connectivity index (χ2v) is 6.57. The van der Waals surface area contributed by atoms with Gasteiger partial charge in [-0.2, -0.15) is 0 Å². The Morgan fingerprint density at radius 3 is 2.76 bits per heavy atom. The average molecular weight is 363 g/mol. The number of hydrogen-bond acceptors (Lipinski definition) is 4. The van der Waals surface area contributed by atoms with Gasteiger partial charge in [0.25, 0.3) is 5.91 Å². The topological polar surface area (TPSA) is 71.8 Å². The second kappa shape index (κ2) is 6.90. The molecule has 1 aromatic carbocycles. The summed E-state index contributed by atoms with van der Waals surface area (Å²) in [5.41, 5.74) is 1.29. The van der Waals surface area contributed by atoms with Gasteiger partial charge in [-0.1, -0.05) is 23.7 Å². The van der Waals surface area contributed by atoms with Crippen LogP contribution in [0.4, 0.5) is 0 Å². The maximum absolute atomic E-state index is 12.8. The van der Waals surface area contributed by atoms with E-state index in [9.17, 15) is 14.7 Å². The number of halogens is 1. The van der Waals surface area contributed by atoms with Crippen molar-refractivity contribution < 1.29 is 14.6 Å². The fourth-order valence-corrected chi connectivity index (χ4v) is 3.24. The van der Waals surface area contributed by atoms with Crippen LogP contribution < -0.4 is 5.43 Å². The van der Waals surface area contributed by atoms with Crippen LogP contribution >= 0.6 is 11.6 Å². The van der Waals surface area contributed by atoms with E-state index in [4.69, 9.17) is 16.3 Å². The molecule has 1 unspecified atom stereocenters. The lowest BCUT2D eigenvalue weighted by atomic mass is 10.1. The third kappa shape index (κ3) is 3.27. The molecule has 1 aromatic heterocycles. The highest BCUT2D eigenvalue weighted by atomic mass is 35.5. The van der Waals surface area contributed by atoms with Crippen molar-refractivity contribution in [3.63, 3.8) is 0 Å². The summed E-state index contributed by atoms with van der Waals surface area (Å²) in [6, 6.07) is 6.65. The van der Waals surface area contributed by atoms with E-state index in [0.717, 1.165) is 11.1 Å². The van der Waals surface area contributed by atoms with Crippen LogP contribution in [-0.4, -0.2) is 40.7 Å². The summed E-state index contributed by atoms with van der Waals surface area (Å²) in [6.45, 7) is 3.04. The highest BCUT2D eigenvalue weighted by Crippen LogP contribution is 2.27. The zero-order valence-corrected chi connectivity index (χ0v) is 14.8. The fraction of sp³-hybridized carbons (Fsp3) is 0.333. The Kier molecular flexibility index (Phi) is 4.83. The summed E-state index contributed by atoms with van der Waals surface area (Å²) in [4.78, 5) is 26.2. The Hall–Kier alpha value is -2.31. The minimum Gasteiger partial charge on any atom is -0.503 e. The number of carbonyl (C=O) groups excluding carboxylic acids is 1. The number of aromatic hydroxyl groups is 1. The van der Waals surface area contributed by atoms with E-state index >= 15 is 0 Å². The number of rotatable bonds is 4. The van der Waals surface area contributed by atoms with Crippen LogP contribution in [0.15, 0.2) is 35.3 Å². The predicted octanol–water partition coefficient (Wildman–Crippen LogP) is 2.36. The molecule has 1 aliphatic heterocycles. The molecule has 7 heteroatoms. The third-order valence-corrected chi connectivity index (χ3v) is 4.80. The first-order valence-electron chi connectivity index (χ1n) is 7.89. The lowest BCUT2D eigenvalue weighted by Gasteiger charge is -2.36. The van der Waals surface area contributed by atoms with E-state index < -0.39 is 11.2 Å². The van der Waals surface area contributed by atoms with Crippen molar-refractivity contribution in [1.82, 2.24) is 9.47 Å². The van der Waals surface area contributed by atoms with E-state index in [2.05, 4.69) is 0 Å². The lowest BCUT2D eigenvalue weighted by molar-refractivity contribution is 0.0560. The normalized spacial score (nSPS) is 16.8. The van der Waals surface area contributed by atoms with Crippen LogP contribution in [0.3, 0.4) is 0 Å². The smallest absolute Gasteiger partial charge is 0.274 e. The molecule has 1 atom stereocenters. The largest absolute Gasteiger partial charge is 0.503 e. The minimum atomic E-state index is -0.569. The van der Waals surface area contributed by atoms with Gasteiger partial charge in [-0.15, -0.1) is 0 Å². The van der Waals surface area contributed by atoms with Crippen LogP contribution in [0.5, 0.6) is 5.75 Å². The number of carbonyl (C=O) groups is 1. The molecule has 132 valence electrons. The molecule has 2 aromatic rings. The number of fused-ring (bicyclic) bond motifs is 1. The Morgan fingerprint density at radius 2 is 2.08 bits per heavy atom. The summed E-state index contributed by atoms with van der Waals surface area (Å²) in [5, 5.41) is 10.8. The van der Waals surface area contributed by atoms with Crippen molar-refractivity contribution in [1.29, 1.82) is 0 Å². The summed E-state index contributed by atoms with van der Waals surface area (Å²) in [6.07, 6.45) is 1.53. The zero-order chi connectivity index (χ0) is 18.1. The van der Waals surface area contributed by atoms with Gasteiger partial charge >= 0.3 is 0 Å². The third-order valence-electron chi connectivity index (χ3n) is 4.37. The van der Waals surface area contributed by atoms with E-state index in [1.54, 1.807) is 22.6 Å². The Morgan fingerprint density at radius 1 is 1.32 bits per heavy atom. The van der Waals surface area contributed by atoms with Gasteiger partial charge in [-0.25, -0.2) is 0 Å². The molecular weight excluding hydrogens is 344 g/mol. The quantitative estimate of drug-likeness (QED) is 0.906. The molecular formula is C18H19ClN2O4. The minimum absolute atomic E-state index is 0.00601. The Labute approximate surface area is 150 Å². The number of amides is 1. The van der Waals surface area contributed by atoms with Crippen LogP contribution in [0.2, 0.25) is 5.02 Å². The van der Waals surface area contributed by atoms with Gasteiger partial charge in [-0.05, 0) is 24.1 Å². The highest BCUT2D eigenvalue weighted by Gasteiger charge is 2.33. The number of benzene rings is 1. The summed E-state index contributed by atoms with van der Waals surface area (Å²) in [7, 11) is 1.57. The SMILES string of the molecule is COCC1CN(Cc2ccc(Cl)c(C)c2)C(=O)c2c(O)c(=O)ccn21. The zero-order valence-electron chi connectivity index (χ0n) is 14.0. The molecule has 0 fully saturated rings. The van der Waals surface area contributed by atoms with E-state index in [-0.39, 0.29) is 17.6 Å². The van der Waals surface area contributed by atoms with Gasteiger partial charge in [-0.3, -0.25) is 9.59 Å². The molecule has 0 saturated carbocycles. The molecule has 1 aliphatic rings. The van der Waals surface area contributed by atoms with Crippen molar-refractivity contribution in [2.75, 3.05) is 20.3 Å². The Bertz CT molecular complexity index is 878. The molecule has 0 aliphatic carbocycles. The van der Waals surface area contributed by atoms with Crippen LogP contribution in [0.25, 0.3) is 0 Å². The molecule has 2 heterocycles. The number of hydrogen-bond donors (Lipinski definition) is 1. The molecule has 1 amide bonds. The van der Waals surface area contributed by atoms with Crippen molar-refractivity contribution >= 4 is 17.5 Å². The number of aromatic nitrogens is 1. The van der Waals surface area contributed by atoms with Crippen molar-refractivity contribution in [3.05, 3.63) is 62.5 Å². The molecule has 6 nitrogen and oxygen atoms in total. The summed E-state index contributed by atoms with van der Waals surface area (Å²) < 4.78 is 6.86. The van der Waals surface area contributed by atoms with Gasteiger partial charge < -0.3 is 19.3 Å². The maximum Gasteiger partial charge on any atom is 0.274 e. The van der Waals surface area contributed by atoms with Gasteiger partial charge in [0.05, 0.1) is 12.6 Å². The second-order valence-electron chi connectivity index (χ2n) is 6.16. The Balaban J connectivity index is 1.98. The molecule has 0 radical (unpaired) electrons. The number of ether oxygens (including phenoxy) is 1. The van der Waals surface area contributed by atoms with Crippen molar-refractivity contribution in [3.8, 4) is 5.75 Å². The van der Waals surface area contributed by atoms with Gasteiger partial charge in [0.2, 0.25) is 5.43 Å². The first-order chi connectivity index (χ1) is 11.9. The maximum atomic E-state index is 12.8. The molecule has 0 spiro atoms. The predicted molar refractivity (Wildman–Crippen MR) is 94.2 cm³/mol. The number of pyridine rings is 1. The van der Waals surface area contributed by atoms with Gasteiger partial charge in [0.1, 0.15) is 0 Å². The monoisotopic (exact) mass is 362 g/mol. The lowest BCUT2D eigenvalue weighted by Crippen LogP contribution is -2.45. The fourth-order valence-electron chi connectivity index (χ4n) is 3.12.